The van der Waals surface area contributed by atoms with E-state index in [0.29, 0.717) is 12.1 Å². The highest BCUT2D eigenvalue weighted by Crippen LogP contribution is 2.16. The predicted octanol–water partition coefficient (Wildman–Crippen LogP) is 3.44. The Kier molecular flexibility index (Phi) is 6.07. The Labute approximate surface area is 129 Å². The molecule has 1 saturated heterocycles. The molecule has 1 aliphatic heterocycles. The van der Waals surface area contributed by atoms with Gasteiger partial charge in [0.25, 0.3) is 0 Å². The summed E-state index contributed by atoms with van der Waals surface area (Å²) in [5.74, 6) is 0.957. The fourth-order valence-corrected chi connectivity index (χ4v) is 2.84. The maximum atomic E-state index is 5.67. The number of nitrogens with one attached hydrogen (secondary N) is 1. The van der Waals surface area contributed by atoms with Gasteiger partial charge >= 0.3 is 0 Å². The molecule has 1 aliphatic rings. The molecule has 21 heavy (non-hydrogen) atoms. The van der Waals surface area contributed by atoms with Gasteiger partial charge in [-0.25, -0.2) is 0 Å². The summed E-state index contributed by atoms with van der Waals surface area (Å²) < 4.78 is 5.67. The smallest absolute Gasteiger partial charge is 0.119 e. The molecule has 1 N–H and O–H groups in total. The monoisotopic (exact) mass is 290 g/mol. The third-order valence-electron chi connectivity index (χ3n) is 4.15. The molecule has 0 radical (unpaired) electrons. The second-order valence-electron chi connectivity index (χ2n) is 6.60. The maximum absolute atomic E-state index is 5.67. The fraction of sp³-hybridized carbons (Fsp3) is 0.667. The van der Waals surface area contributed by atoms with Crippen molar-refractivity contribution in [1.82, 2.24) is 10.2 Å². The number of piperidine rings is 1. The first-order valence-electron chi connectivity index (χ1n) is 8.27. The zero-order chi connectivity index (χ0) is 15.2. The molecule has 1 aromatic rings. The number of nitrogens with zero attached hydrogens (tertiary/aromatic N) is 1. The maximum Gasteiger partial charge on any atom is 0.119 e. The highest BCUT2D eigenvalue weighted by molar-refractivity contribution is 5.27. The average molecular weight is 290 g/mol. The van der Waals surface area contributed by atoms with E-state index in [2.05, 4.69) is 62.2 Å². The molecule has 3 heteroatoms. The van der Waals surface area contributed by atoms with Crippen LogP contribution in [0.1, 0.15) is 46.1 Å². The van der Waals surface area contributed by atoms with Crippen LogP contribution in [0.3, 0.4) is 0 Å². The summed E-state index contributed by atoms with van der Waals surface area (Å²) in [6, 6.07) is 9.80. The van der Waals surface area contributed by atoms with Gasteiger partial charge in [0.05, 0.1) is 6.10 Å². The molecule has 0 aromatic heterocycles. The molecular weight excluding hydrogens is 260 g/mol. The first-order valence-corrected chi connectivity index (χ1v) is 8.27. The number of hydrogen-bond donors (Lipinski definition) is 1. The molecule has 0 unspecified atom stereocenters. The molecule has 118 valence electrons. The van der Waals surface area contributed by atoms with Crippen molar-refractivity contribution in [3.8, 4) is 5.75 Å². The third-order valence-corrected chi connectivity index (χ3v) is 4.15. The quantitative estimate of drug-likeness (QED) is 0.868. The van der Waals surface area contributed by atoms with Crippen LogP contribution in [0.4, 0.5) is 0 Å². The van der Waals surface area contributed by atoms with Crippen LogP contribution in [0.25, 0.3) is 0 Å². The SMILES string of the molecule is CC(C)Oc1ccc(CNC2CCN(C(C)C)CC2)cc1. The van der Waals surface area contributed by atoms with E-state index in [0.717, 1.165) is 12.3 Å². The lowest BCUT2D eigenvalue weighted by Crippen LogP contribution is -2.44. The van der Waals surface area contributed by atoms with E-state index < -0.39 is 0 Å². The van der Waals surface area contributed by atoms with Crippen LogP contribution in [0, 0.1) is 0 Å². The van der Waals surface area contributed by atoms with E-state index in [1.807, 2.05) is 0 Å². The summed E-state index contributed by atoms with van der Waals surface area (Å²) in [5, 5.41) is 3.69. The topological polar surface area (TPSA) is 24.5 Å². The van der Waals surface area contributed by atoms with Crippen molar-refractivity contribution in [2.75, 3.05) is 13.1 Å². The van der Waals surface area contributed by atoms with Crippen molar-refractivity contribution in [2.45, 2.75) is 65.3 Å². The van der Waals surface area contributed by atoms with E-state index in [9.17, 15) is 0 Å². The van der Waals surface area contributed by atoms with Gasteiger partial charge in [0, 0.05) is 18.6 Å². The van der Waals surface area contributed by atoms with Gasteiger partial charge in [-0.1, -0.05) is 12.1 Å². The van der Waals surface area contributed by atoms with Gasteiger partial charge in [0.1, 0.15) is 5.75 Å². The Morgan fingerprint density at radius 3 is 2.24 bits per heavy atom. The lowest BCUT2D eigenvalue weighted by atomic mass is 10.0. The summed E-state index contributed by atoms with van der Waals surface area (Å²) in [4.78, 5) is 2.57. The molecule has 1 fully saturated rings. The van der Waals surface area contributed by atoms with Crippen molar-refractivity contribution in [3.63, 3.8) is 0 Å². The Bertz CT molecular complexity index is 406. The highest BCUT2D eigenvalue weighted by atomic mass is 16.5. The van der Waals surface area contributed by atoms with Crippen molar-refractivity contribution in [3.05, 3.63) is 29.8 Å². The van der Waals surface area contributed by atoms with Crippen molar-refractivity contribution in [2.24, 2.45) is 0 Å². The minimum Gasteiger partial charge on any atom is -0.491 e. The second kappa shape index (κ2) is 7.81. The average Bonchev–Trinajstić information content (AvgIpc) is 2.46. The molecule has 1 heterocycles. The largest absolute Gasteiger partial charge is 0.491 e. The molecular formula is C18H30N2O. The van der Waals surface area contributed by atoms with E-state index in [4.69, 9.17) is 4.74 Å². The summed E-state index contributed by atoms with van der Waals surface area (Å²) in [7, 11) is 0. The normalized spacial score (nSPS) is 17.6. The van der Waals surface area contributed by atoms with Crippen LogP contribution < -0.4 is 10.1 Å². The number of ether oxygens (including phenoxy) is 1. The van der Waals surface area contributed by atoms with Gasteiger partial charge in [-0.15, -0.1) is 0 Å². The minimum atomic E-state index is 0.236. The standard InChI is InChI=1S/C18H30N2O/c1-14(2)20-11-9-17(10-12-20)19-13-16-5-7-18(8-6-16)21-15(3)4/h5-8,14-15,17,19H,9-13H2,1-4H3. The van der Waals surface area contributed by atoms with E-state index in [1.54, 1.807) is 0 Å². The molecule has 0 spiro atoms. The Hall–Kier alpha value is -1.06. The minimum absolute atomic E-state index is 0.236. The van der Waals surface area contributed by atoms with E-state index in [-0.39, 0.29) is 6.10 Å². The van der Waals surface area contributed by atoms with Crippen molar-refractivity contribution < 1.29 is 4.74 Å². The van der Waals surface area contributed by atoms with Crippen LogP contribution in [0.15, 0.2) is 24.3 Å². The Morgan fingerprint density at radius 2 is 1.71 bits per heavy atom. The number of rotatable bonds is 6. The summed E-state index contributed by atoms with van der Waals surface area (Å²) >= 11 is 0. The first-order chi connectivity index (χ1) is 10.0. The Morgan fingerprint density at radius 1 is 1.10 bits per heavy atom. The third kappa shape index (κ3) is 5.33. The zero-order valence-corrected chi connectivity index (χ0v) is 13.9. The summed E-state index contributed by atoms with van der Waals surface area (Å²) in [6.45, 7) is 12.1. The van der Waals surface area contributed by atoms with Gasteiger partial charge in [-0.2, -0.15) is 0 Å². The highest BCUT2D eigenvalue weighted by Gasteiger charge is 2.20. The molecule has 3 nitrogen and oxygen atoms in total. The lowest BCUT2D eigenvalue weighted by molar-refractivity contribution is 0.161. The first kappa shape index (κ1) is 16.3. The number of likely N-dealkylation sites (tertiary alicyclic amines) is 1. The lowest BCUT2D eigenvalue weighted by Gasteiger charge is -2.35. The molecule has 0 aliphatic carbocycles. The van der Waals surface area contributed by atoms with Gasteiger partial charge in [-0.3, -0.25) is 0 Å². The van der Waals surface area contributed by atoms with Gasteiger partial charge in [-0.05, 0) is 71.3 Å². The zero-order valence-electron chi connectivity index (χ0n) is 13.9. The van der Waals surface area contributed by atoms with E-state index >= 15 is 0 Å². The van der Waals surface area contributed by atoms with Crippen LogP contribution in [0.2, 0.25) is 0 Å². The molecule has 0 bridgehead atoms. The molecule has 1 aromatic carbocycles. The molecule has 0 saturated carbocycles. The van der Waals surface area contributed by atoms with Gasteiger partial charge in [0.2, 0.25) is 0 Å². The number of benzene rings is 1. The van der Waals surface area contributed by atoms with E-state index in [1.165, 1.54) is 31.5 Å². The second-order valence-corrected chi connectivity index (χ2v) is 6.60. The van der Waals surface area contributed by atoms with Crippen LogP contribution in [0.5, 0.6) is 5.75 Å². The van der Waals surface area contributed by atoms with Crippen LogP contribution >= 0.6 is 0 Å². The summed E-state index contributed by atoms with van der Waals surface area (Å²) in [6.07, 6.45) is 2.75. The van der Waals surface area contributed by atoms with Crippen LogP contribution in [-0.2, 0) is 6.54 Å². The van der Waals surface area contributed by atoms with Crippen molar-refractivity contribution >= 4 is 0 Å². The van der Waals surface area contributed by atoms with Crippen LogP contribution in [-0.4, -0.2) is 36.2 Å². The Balaban J connectivity index is 1.74. The molecule has 0 atom stereocenters. The van der Waals surface area contributed by atoms with Crippen molar-refractivity contribution in [1.29, 1.82) is 0 Å². The summed E-state index contributed by atoms with van der Waals surface area (Å²) in [5.41, 5.74) is 1.33. The van der Waals surface area contributed by atoms with Gasteiger partial charge in [0.15, 0.2) is 0 Å². The predicted molar refractivity (Wildman–Crippen MR) is 88.8 cm³/mol. The molecule has 0 amide bonds. The van der Waals surface area contributed by atoms with Gasteiger partial charge < -0.3 is 15.0 Å². The number of hydrogen-bond acceptors (Lipinski definition) is 3. The fourth-order valence-electron chi connectivity index (χ4n) is 2.84. The molecule has 2 rings (SSSR count).